The zero-order chi connectivity index (χ0) is 0. The van der Waals surface area contributed by atoms with Crippen LogP contribution in [0.1, 0.15) is 869 Å². The minimum Gasteiger partial charge on any atom is -0.0776 e. The Balaban J connectivity index is 0. The van der Waals surface area contributed by atoms with Crippen molar-refractivity contribution in [1.29, 1.82) is 0 Å². The van der Waals surface area contributed by atoms with Crippen molar-refractivity contribution in [3.05, 3.63) is 0 Å². The molecule has 0 fully saturated rings. The summed E-state index contributed by atoms with van der Waals surface area (Å²) in [6.45, 7) is 0. The first-order valence-corrected chi connectivity index (χ1v) is 0. The standard InChI is InChI=1S/117CH4/h117*1H4. The molecule has 0 aliphatic rings. The van der Waals surface area contributed by atoms with Gasteiger partial charge in [0.1, 0.15) is 0 Å². The SMILES string of the molecule is C.C.C.C.C.C.C.C.C.C.C.C.C.C.C.C.C.C.C.C.C.C.C.C.C.C.C.C.C.C.C.C.C.C.C.C.C.C.C.C.C.C.C.C.C.C.C.C.C.C.C.C.C.C.C.C.C.C.C.C.C.C.C.C.C.C.C.C.C.C.C.C.C.C.C.C.C.C.C.C.C.C.C.C.C.C.C.C.C.C.C.C.C.C.C.C.C.C.C.C.C.C.C.C.C.C.C.C.C.C.C.C.C.C.C.C.C. The smallest absolute Gasteiger partial charge is 0.0776 e. The zero-order valence-corrected chi connectivity index (χ0v) is 0. The predicted octanol–water partition coefficient (Wildman–Crippen LogP) is 74.4. The van der Waals surface area contributed by atoms with E-state index in [4.69, 9.17) is 0 Å². The van der Waals surface area contributed by atoms with Crippen LogP contribution >= 0.6 is 0 Å². The molecule has 0 spiro atoms. The van der Waals surface area contributed by atoms with Gasteiger partial charge in [0.25, 0.3) is 0 Å². The number of hydrogen-bond donors (Lipinski definition) is 0. The van der Waals surface area contributed by atoms with Gasteiger partial charge in [-0.2, -0.15) is 0 Å². The summed E-state index contributed by atoms with van der Waals surface area (Å²) in [6.07, 6.45) is 0. The molecule has 936 valence electrons. The van der Waals surface area contributed by atoms with Gasteiger partial charge in [0.2, 0.25) is 0 Å². The summed E-state index contributed by atoms with van der Waals surface area (Å²) in [5.41, 5.74) is 0. The molecule has 0 amide bonds. The average molecular weight is 1880 g/mol. The van der Waals surface area contributed by atoms with Crippen LogP contribution in [0, 0.1) is 0 Å². The lowest BCUT2D eigenvalue weighted by Gasteiger charge is -0.0786. The normalized spacial score (nSPS) is 0. The first kappa shape index (κ1) is 0. The zero-order valence-electron chi connectivity index (χ0n) is 0. The highest BCUT2D eigenvalue weighted by molar-refractivity contribution is 2.62. The Morgan fingerprint density at radius 1 is 0.00855 bits per heavy atom. The molecule has 0 rings (SSSR count). The van der Waals surface area contributed by atoms with Gasteiger partial charge >= 0.3 is 0 Å². The summed E-state index contributed by atoms with van der Waals surface area (Å²) in [7, 11) is 0. The third kappa shape index (κ3) is 0. The maximum absolute atomic E-state index is 0. The fraction of sp³-hybridized carbons (Fsp3) is 1.00. The molecule has 0 radical (unpaired) electrons. The van der Waals surface area contributed by atoms with E-state index >= 15 is 0 Å². The summed E-state index contributed by atoms with van der Waals surface area (Å²) in [4.78, 5) is 0. The molecular formula is C117H468. The lowest BCUT2D eigenvalue weighted by molar-refractivity contribution is 2.50. The van der Waals surface area contributed by atoms with E-state index in [9.17, 15) is 0 Å². The molecule has 0 aliphatic carbocycles. The molecule has 0 saturated heterocycles. The molecule has 0 unspecified atom stereocenters. The Hall–Kier alpha value is 0. The highest BCUT2D eigenvalue weighted by atomic mass is 12.1. The Labute approximate surface area is 864 Å². The van der Waals surface area contributed by atoms with Crippen LogP contribution in [0.3, 0.4) is 0 Å². The fourth-order valence-corrected chi connectivity index (χ4v) is 0. The van der Waals surface area contributed by atoms with Crippen LogP contribution in [0.4, 0.5) is 0 Å². The van der Waals surface area contributed by atoms with Crippen LogP contribution in [0.25, 0.3) is 0 Å². The quantitative estimate of drug-likeness (QED) is 0.227. The Kier molecular flexibility index (Phi) is 0. The second-order valence-corrected chi connectivity index (χ2v) is 0. The number of rotatable bonds is 0. The van der Waals surface area contributed by atoms with Crippen molar-refractivity contribution in [3.63, 3.8) is 0 Å². The van der Waals surface area contributed by atoms with E-state index in [1.807, 2.05) is 0 Å². The maximum Gasteiger partial charge on any atom is -0.0776 e. The minimum absolute atomic E-state index is 0. The minimum atomic E-state index is 0. The molecule has 0 nitrogen and oxygen atoms in total. The van der Waals surface area contributed by atoms with Gasteiger partial charge < -0.3 is 0 Å². The summed E-state index contributed by atoms with van der Waals surface area (Å²) in [5, 5.41) is 0. The van der Waals surface area contributed by atoms with Crippen molar-refractivity contribution in [3.8, 4) is 0 Å². The van der Waals surface area contributed by atoms with Crippen LogP contribution < -0.4 is 0 Å². The summed E-state index contributed by atoms with van der Waals surface area (Å²) < 4.78 is 0. The van der Waals surface area contributed by atoms with Gasteiger partial charge in [-0.15, -0.1) is 0 Å². The van der Waals surface area contributed by atoms with E-state index in [-0.39, 0.29) is 869 Å². The maximum atomic E-state index is 0. The van der Waals surface area contributed by atoms with Crippen LogP contribution in [-0.4, -0.2) is 0 Å². The Morgan fingerprint density at radius 2 is 0.00855 bits per heavy atom. The van der Waals surface area contributed by atoms with Crippen LogP contribution in [0.2, 0.25) is 0 Å². The summed E-state index contributed by atoms with van der Waals surface area (Å²) in [5.74, 6) is 0. The van der Waals surface area contributed by atoms with Crippen LogP contribution in [0.5, 0.6) is 0 Å². The third-order valence-corrected chi connectivity index (χ3v) is 0. The molecule has 0 aromatic carbocycles. The second kappa shape index (κ2) is 0. The summed E-state index contributed by atoms with van der Waals surface area (Å²) in [6, 6.07) is 0. The molecule has 0 N–H and O–H groups in total. The third-order valence-electron chi connectivity index (χ3n) is 0. The molecular weight excluding hydrogens is 1410 g/mol. The van der Waals surface area contributed by atoms with Crippen molar-refractivity contribution in [2.75, 3.05) is 0 Å². The Bertz CT molecular complexity index is 0. The molecule has 0 atom stereocenters. The van der Waals surface area contributed by atoms with Crippen LogP contribution in [-0.2, 0) is 0 Å². The lowest BCUT2D eigenvalue weighted by Crippen LogP contribution is 0.143. The van der Waals surface area contributed by atoms with Gasteiger partial charge in [0, 0.05) is 0 Å². The highest BCUT2D eigenvalue weighted by Gasteiger charge is 0.0384. The van der Waals surface area contributed by atoms with Crippen molar-refractivity contribution >= 4 is 0 Å². The second-order valence-electron chi connectivity index (χ2n) is 0. The van der Waals surface area contributed by atoms with Gasteiger partial charge in [-0.25, -0.2) is 0 Å². The average Bonchev–Trinajstić information content (AvgIpc) is 0. The van der Waals surface area contributed by atoms with Crippen molar-refractivity contribution in [2.24, 2.45) is 0 Å². The first-order chi connectivity index (χ1) is 0. The van der Waals surface area contributed by atoms with E-state index < -0.39 is 0 Å². The predicted molar refractivity (Wildman–Crippen MR) is 788 cm³/mol. The van der Waals surface area contributed by atoms with Gasteiger partial charge in [-0.1, -0.05) is 869 Å². The van der Waals surface area contributed by atoms with Crippen molar-refractivity contribution < 1.29 is 0 Å². The monoisotopic (exact) mass is 1880 g/mol. The molecule has 0 aromatic rings. The van der Waals surface area contributed by atoms with E-state index in [1.54, 1.807) is 0 Å². The molecule has 0 heterocycles. The van der Waals surface area contributed by atoms with Gasteiger partial charge in [-0.05, 0) is 0 Å². The molecule has 0 saturated carbocycles. The topological polar surface area (TPSA) is 0 Å². The van der Waals surface area contributed by atoms with E-state index in [0.29, 0.717) is 0 Å². The lowest BCUT2D eigenvalue weighted by atomic mass is 12.0. The molecule has 117 heavy (non-hydrogen) atoms. The molecule has 0 heteroatoms. The van der Waals surface area contributed by atoms with Gasteiger partial charge in [-0.3, -0.25) is 0 Å². The fourth-order valence-electron chi connectivity index (χ4n) is 0. The highest BCUT2D eigenvalue weighted by Crippen LogP contribution is 0.260. The Morgan fingerprint density at radius 3 is 0.00855 bits per heavy atom. The molecule has 0 aromatic heterocycles. The van der Waals surface area contributed by atoms with E-state index in [1.165, 1.54) is 0 Å². The largest absolute Gasteiger partial charge is 0.0776 e. The van der Waals surface area contributed by atoms with Crippen molar-refractivity contribution in [2.45, 2.75) is 869 Å². The van der Waals surface area contributed by atoms with Crippen molar-refractivity contribution in [1.82, 2.24) is 0 Å². The van der Waals surface area contributed by atoms with Gasteiger partial charge in [0.05, 0.1) is 0 Å². The molecule has 0 aliphatic heterocycles. The van der Waals surface area contributed by atoms with E-state index in [0.717, 1.165) is 0 Å². The van der Waals surface area contributed by atoms with Crippen LogP contribution in [0.15, 0.2) is 0 Å². The van der Waals surface area contributed by atoms with E-state index in [2.05, 4.69) is 0 Å². The first-order valence-electron chi connectivity index (χ1n) is 0. The molecule has 0 bridgehead atoms. The van der Waals surface area contributed by atoms with Gasteiger partial charge in [0.15, 0.2) is 0 Å². The number of hydrogen-bond acceptors (Lipinski definition) is 0. The summed E-state index contributed by atoms with van der Waals surface area (Å²) >= 11 is 0.